The van der Waals surface area contributed by atoms with Gasteiger partial charge in [-0.25, -0.2) is 13.4 Å². The maximum atomic E-state index is 12.5. The van der Waals surface area contributed by atoms with Crippen LogP contribution in [0.4, 0.5) is 0 Å². The molecule has 5 nitrogen and oxygen atoms in total. The van der Waals surface area contributed by atoms with Crippen molar-refractivity contribution in [3.63, 3.8) is 0 Å². The Morgan fingerprint density at radius 1 is 1.30 bits per heavy atom. The lowest BCUT2D eigenvalue weighted by atomic mass is 10.1. The molecule has 0 amide bonds. The molecule has 1 N–H and O–H groups in total. The summed E-state index contributed by atoms with van der Waals surface area (Å²) in [6.45, 7) is 1.15. The fourth-order valence-electron chi connectivity index (χ4n) is 2.61. The van der Waals surface area contributed by atoms with Gasteiger partial charge >= 0.3 is 0 Å². The van der Waals surface area contributed by atoms with Crippen LogP contribution in [0.25, 0.3) is 0 Å². The molecule has 106 valence electrons. The van der Waals surface area contributed by atoms with Gasteiger partial charge in [0.2, 0.25) is 10.0 Å². The van der Waals surface area contributed by atoms with Gasteiger partial charge in [0.1, 0.15) is 5.82 Å². The molecule has 1 aromatic heterocycles. The normalized spacial score (nSPS) is 20.3. The first-order valence-corrected chi connectivity index (χ1v) is 8.14. The van der Waals surface area contributed by atoms with Crippen LogP contribution in [0.1, 0.15) is 12.2 Å². The highest BCUT2D eigenvalue weighted by Gasteiger charge is 2.32. The van der Waals surface area contributed by atoms with Crippen molar-refractivity contribution in [1.29, 1.82) is 0 Å². The first-order chi connectivity index (χ1) is 9.66. The van der Waals surface area contributed by atoms with E-state index in [1.807, 2.05) is 6.07 Å². The molecule has 2 aromatic rings. The average molecular weight is 291 g/mol. The molecule has 6 heteroatoms. The van der Waals surface area contributed by atoms with E-state index in [9.17, 15) is 8.42 Å². The third-order valence-corrected chi connectivity index (χ3v) is 5.55. The van der Waals surface area contributed by atoms with Gasteiger partial charge < -0.3 is 4.98 Å². The molecule has 1 atom stereocenters. The summed E-state index contributed by atoms with van der Waals surface area (Å²) in [5.74, 6) is 1.26. The molecular weight excluding hydrogens is 274 g/mol. The number of nitrogens with one attached hydrogen (secondary N) is 1. The van der Waals surface area contributed by atoms with E-state index in [0.717, 1.165) is 18.7 Å². The summed E-state index contributed by atoms with van der Waals surface area (Å²) in [5, 5.41) is 0. The first-order valence-electron chi connectivity index (χ1n) is 6.70. The van der Waals surface area contributed by atoms with Crippen LogP contribution in [0.3, 0.4) is 0 Å². The van der Waals surface area contributed by atoms with Crippen LogP contribution in [0.5, 0.6) is 0 Å². The molecule has 0 saturated carbocycles. The fraction of sp³-hybridized carbons (Fsp3) is 0.357. The van der Waals surface area contributed by atoms with Crippen molar-refractivity contribution in [1.82, 2.24) is 14.3 Å². The maximum Gasteiger partial charge on any atom is 0.243 e. The highest BCUT2D eigenvalue weighted by atomic mass is 32.2. The summed E-state index contributed by atoms with van der Waals surface area (Å²) >= 11 is 0. The monoisotopic (exact) mass is 291 g/mol. The van der Waals surface area contributed by atoms with Gasteiger partial charge in [0.15, 0.2) is 0 Å². The van der Waals surface area contributed by atoms with Crippen LogP contribution in [0.15, 0.2) is 47.6 Å². The molecule has 20 heavy (non-hydrogen) atoms. The van der Waals surface area contributed by atoms with Crippen LogP contribution >= 0.6 is 0 Å². The largest absolute Gasteiger partial charge is 0.349 e. The molecule has 0 spiro atoms. The number of hydrogen-bond acceptors (Lipinski definition) is 3. The van der Waals surface area contributed by atoms with Gasteiger partial charge in [0, 0.05) is 31.9 Å². The molecule has 1 aromatic carbocycles. The fourth-order valence-corrected chi connectivity index (χ4v) is 4.16. The number of sulfonamides is 1. The van der Waals surface area contributed by atoms with Crippen LogP contribution < -0.4 is 0 Å². The Kier molecular flexibility index (Phi) is 3.58. The maximum absolute atomic E-state index is 12.5. The molecule has 1 aliphatic heterocycles. The second kappa shape index (κ2) is 5.38. The smallest absolute Gasteiger partial charge is 0.243 e. The van der Waals surface area contributed by atoms with E-state index in [1.165, 1.54) is 0 Å². The van der Waals surface area contributed by atoms with E-state index >= 15 is 0 Å². The SMILES string of the molecule is O=S(=O)(c1ccccc1)N1CCC(Cc2ncc[nH]2)C1. The molecule has 2 heterocycles. The zero-order chi connectivity index (χ0) is 14.0. The van der Waals surface area contributed by atoms with Crippen molar-refractivity contribution < 1.29 is 8.42 Å². The quantitative estimate of drug-likeness (QED) is 0.931. The molecular formula is C14H17N3O2S. The van der Waals surface area contributed by atoms with Crippen molar-refractivity contribution in [2.45, 2.75) is 17.7 Å². The summed E-state index contributed by atoms with van der Waals surface area (Å²) in [5.41, 5.74) is 0. The van der Waals surface area contributed by atoms with Gasteiger partial charge in [-0.3, -0.25) is 0 Å². The van der Waals surface area contributed by atoms with Crippen molar-refractivity contribution in [2.24, 2.45) is 5.92 Å². The summed E-state index contributed by atoms with van der Waals surface area (Å²) in [6.07, 6.45) is 5.20. The minimum atomic E-state index is -3.35. The van der Waals surface area contributed by atoms with Crippen molar-refractivity contribution in [2.75, 3.05) is 13.1 Å². The summed E-state index contributed by atoms with van der Waals surface area (Å²) < 4.78 is 26.5. The van der Waals surface area contributed by atoms with E-state index in [1.54, 1.807) is 41.0 Å². The van der Waals surface area contributed by atoms with E-state index in [0.29, 0.717) is 23.9 Å². The summed E-state index contributed by atoms with van der Waals surface area (Å²) in [6, 6.07) is 8.62. The molecule has 1 saturated heterocycles. The summed E-state index contributed by atoms with van der Waals surface area (Å²) in [7, 11) is -3.35. The molecule has 0 bridgehead atoms. The number of aromatic nitrogens is 2. The topological polar surface area (TPSA) is 66.1 Å². The number of imidazole rings is 1. The van der Waals surface area contributed by atoms with E-state index in [2.05, 4.69) is 9.97 Å². The third-order valence-electron chi connectivity index (χ3n) is 3.67. The number of benzene rings is 1. The van der Waals surface area contributed by atoms with Gasteiger partial charge in [-0.1, -0.05) is 18.2 Å². The third kappa shape index (κ3) is 2.62. The Morgan fingerprint density at radius 2 is 2.10 bits per heavy atom. The predicted octanol–water partition coefficient (Wildman–Crippen LogP) is 1.66. The Bertz CT molecular complexity index is 653. The number of rotatable bonds is 4. The van der Waals surface area contributed by atoms with Crippen molar-refractivity contribution >= 4 is 10.0 Å². The van der Waals surface area contributed by atoms with Crippen molar-refractivity contribution in [3.8, 4) is 0 Å². The van der Waals surface area contributed by atoms with Gasteiger partial charge in [-0.05, 0) is 24.5 Å². The van der Waals surface area contributed by atoms with Gasteiger partial charge in [0.25, 0.3) is 0 Å². The highest BCUT2D eigenvalue weighted by molar-refractivity contribution is 7.89. The van der Waals surface area contributed by atoms with Gasteiger partial charge in [0.05, 0.1) is 4.90 Å². The lowest BCUT2D eigenvalue weighted by molar-refractivity contribution is 0.453. The lowest BCUT2D eigenvalue weighted by Crippen LogP contribution is -2.29. The van der Waals surface area contributed by atoms with E-state index < -0.39 is 10.0 Å². The molecule has 0 radical (unpaired) electrons. The van der Waals surface area contributed by atoms with Crippen LogP contribution in [0.2, 0.25) is 0 Å². The molecule has 1 fully saturated rings. The van der Waals surface area contributed by atoms with Crippen LogP contribution in [0, 0.1) is 5.92 Å². The molecule has 0 aliphatic carbocycles. The average Bonchev–Trinajstić information content (AvgIpc) is 3.12. The standard InChI is InChI=1S/C14H17N3O2S/c18-20(19,13-4-2-1-3-5-13)17-9-6-12(11-17)10-14-15-7-8-16-14/h1-5,7-8,12H,6,9-11H2,(H,15,16). The number of hydrogen-bond donors (Lipinski definition) is 1. The van der Waals surface area contributed by atoms with Crippen molar-refractivity contribution in [3.05, 3.63) is 48.5 Å². The predicted molar refractivity (Wildman–Crippen MR) is 75.6 cm³/mol. The highest BCUT2D eigenvalue weighted by Crippen LogP contribution is 2.25. The zero-order valence-corrected chi connectivity index (χ0v) is 11.9. The van der Waals surface area contributed by atoms with E-state index in [4.69, 9.17) is 0 Å². The van der Waals surface area contributed by atoms with E-state index in [-0.39, 0.29) is 0 Å². The lowest BCUT2D eigenvalue weighted by Gasteiger charge is -2.16. The first kappa shape index (κ1) is 13.3. The Labute approximate surface area is 118 Å². The molecule has 3 rings (SSSR count). The second-order valence-electron chi connectivity index (χ2n) is 5.07. The molecule has 1 aliphatic rings. The number of H-pyrrole nitrogens is 1. The van der Waals surface area contributed by atoms with Crippen LogP contribution in [-0.2, 0) is 16.4 Å². The zero-order valence-electron chi connectivity index (χ0n) is 11.1. The number of nitrogens with zero attached hydrogens (tertiary/aromatic N) is 2. The second-order valence-corrected chi connectivity index (χ2v) is 7.01. The van der Waals surface area contributed by atoms with Crippen LogP contribution in [-0.4, -0.2) is 35.8 Å². The summed E-state index contributed by atoms with van der Waals surface area (Å²) in [4.78, 5) is 7.65. The minimum absolute atomic E-state index is 0.333. The van der Waals surface area contributed by atoms with Gasteiger partial charge in [-0.15, -0.1) is 0 Å². The Hall–Kier alpha value is -1.66. The van der Waals surface area contributed by atoms with Gasteiger partial charge in [-0.2, -0.15) is 4.31 Å². The number of aromatic amines is 1. The Balaban J connectivity index is 1.71. The minimum Gasteiger partial charge on any atom is -0.349 e. The Morgan fingerprint density at radius 3 is 2.80 bits per heavy atom. The molecule has 1 unspecified atom stereocenters.